The van der Waals surface area contributed by atoms with Gasteiger partial charge in [-0.05, 0) is 75.9 Å². The number of amides is 4. The van der Waals surface area contributed by atoms with Crippen LogP contribution in [0.3, 0.4) is 0 Å². The van der Waals surface area contributed by atoms with Crippen LogP contribution in [0.15, 0.2) is 77.3 Å². The van der Waals surface area contributed by atoms with Crippen molar-refractivity contribution in [1.82, 2.24) is 20.3 Å². The number of hydrazine groups is 1. The van der Waals surface area contributed by atoms with E-state index >= 15 is 0 Å². The van der Waals surface area contributed by atoms with Crippen molar-refractivity contribution < 1.29 is 30.1 Å². The van der Waals surface area contributed by atoms with Crippen molar-refractivity contribution in [2.75, 3.05) is 30.7 Å². The van der Waals surface area contributed by atoms with Crippen LogP contribution >= 0.6 is 11.6 Å². The zero-order chi connectivity index (χ0) is 34.5. The lowest BCUT2D eigenvalue weighted by atomic mass is 10.1. The number of nitrogens with one attached hydrogen (secondary N) is 3. The summed E-state index contributed by atoms with van der Waals surface area (Å²) in [5.41, 5.74) is 10.2. The molecule has 3 rings (SSSR count). The molecular weight excluding hydrogens is 616 g/mol. The number of nitrogens with zero attached hydrogens (tertiary/aromatic N) is 2. The Morgan fingerprint density at radius 3 is 2.50 bits per heavy atom. The lowest BCUT2D eigenvalue weighted by Gasteiger charge is -2.24. The molecule has 4 amide bonds. The maximum Gasteiger partial charge on any atom is 0.327 e. The average molecular weight is 659 g/mol. The molecule has 0 aliphatic heterocycles. The largest absolute Gasteiger partial charge is 0.465 e. The highest BCUT2D eigenvalue weighted by Gasteiger charge is 2.23. The molecule has 46 heavy (non-hydrogen) atoms. The van der Waals surface area contributed by atoms with Gasteiger partial charge in [-0.2, -0.15) is 0 Å². The molecule has 0 spiro atoms. The van der Waals surface area contributed by atoms with Gasteiger partial charge in [0, 0.05) is 20.2 Å². The molecule has 1 aromatic heterocycles. The van der Waals surface area contributed by atoms with Crippen molar-refractivity contribution >= 4 is 53.6 Å². The molecule has 0 saturated carbocycles. The summed E-state index contributed by atoms with van der Waals surface area (Å²) in [5.74, 6) is -2.03. The zero-order valence-electron chi connectivity index (χ0n) is 26.3. The summed E-state index contributed by atoms with van der Waals surface area (Å²) in [4.78, 5) is 69.0. The molecule has 13 nitrogen and oxygen atoms in total. The van der Waals surface area contributed by atoms with Gasteiger partial charge in [0.1, 0.15) is 18.3 Å². The standard InChI is InChI=1S/C17H22N4O6.C8H11NO.C7H8ClN.H2/c1-4-7-14(23)21(10-15(24)27-5-2)19-16(25)12(3)20-9-6-8-13(17(20)26)18-11-22;10-7-9-6-8-4-2-1-3-5-8;1-5-2-3-7(9)6(8)4-5;/h4,6-9,11-12H,5,10H2,1-3H3,(H,18,22)(H,19,25);2,4-5,7H,1,3,6H2,(H,9,10);2-4H,9H2,1H3;1H/b7-4+;;;. The number of halogens is 1. The molecule has 1 aliphatic rings. The molecule has 0 radical (unpaired) electrons. The molecule has 1 aromatic carbocycles. The van der Waals surface area contributed by atoms with Crippen LogP contribution in [0, 0.1) is 6.92 Å². The van der Waals surface area contributed by atoms with Gasteiger partial charge in [-0.25, -0.2) is 5.01 Å². The van der Waals surface area contributed by atoms with Crippen molar-refractivity contribution in [3.8, 4) is 0 Å². The topological polar surface area (TPSA) is 182 Å². The number of ether oxygens (including phenoxy) is 1. The van der Waals surface area contributed by atoms with E-state index in [-0.39, 0.29) is 13.7 Å². The Kier molecular flexibility index (Phi) is 18.2. The number of nitrogen functional groups attached to an aromatic ring is 1. The van der Waals surface area contributed by atoms with Crippen LogP contribution in [0.4, 0.5) is 11.4 Å². The quantitative estimate of drug-likeness (QED) is 0.0931. The number of hydrogen-bond donors (Lipinski definition) is 4. The number of carbonyl (C=O) groups excluding carboxylic acids is 5. The second kappa shape index (κ2) is 21.5. The van der Waals surface area contributed by atoms with Gasteiger partial charge in [-0.1, -0.05) is 42.0 Å². The van der Waals surface area contributed by atoms with Crippen molar-refractivity contribution in [3.63, 3.8) is 0 Å². The number of benzene rings is 1. The van der Waals surface area contributed by atoms with Gasteiger partial charge >= 0.3 is 5.97 Å². The maximum atomic E-state index is 12.5. The summed E-state index contributed by atoms with van der Waals surface area (Å²) in [6.07, 6.45) is 13.6. The number of esters is 1. The second-order valence-corrected chi connectivity index (χ2v) is 9.97. The van der Waals surface area contributed by atoms with E-state index in [1.807, 2.05) is 19.1 Å². The SMILES string of the molecule is C/C=C/C(=O)N(CC(=O)OCC)NC(=O)C(C)n1cccc(NC=O)c1=O.Cc1ccc(N)c(Cl)c1.O=CNCC1=CCCC=C1.[HH]. The number of rotatable bonds is 11. The number of aromatic nitrogens is 1. The summed E-state index contributed by atoms with van der Waals surface area (Å²) >= 11 is 5.69. The number of carbonyl (C=O) groups is 5. The molecule has 1 atom stereocenters. The fraction of sp³-hybridized carbons (Fsp3) is 0.312. The van der Waals surface area contributed by atoms with Crippen LogP contribution < -0.4 is 27.4 Å². The van der Waals surface area contributed by atoms with Crippen LogP contribution in [0.2, 0.25) is 5.02 Å². The number of allylic oxidation sites excluding steroid dienone is 3. The Morgan fingerprint density at radius 2 is 1.93 bits per heavy atom. The molecule has 0 fully saturated rings. The number of pyridine rings is 1. The average Bonchev–Trinajstić information content (AvgIpc) is 3.03. The predicted octanol–water partition coefficient (Wildman–Crippen LogP) is 3.46. The van der Waals surface area contributed by atoms with Crippen LogP contribution in [0.25, 0.3) is 0 Å². The predicted molar refractivity (Wildman–Crippen MR) is 180 cm³/mol. The number of aryl methyl sites for hydroxylation is 1. The summed E-state index contributed by atoms with van der Waals surface area (Å²) in [7, 11) is 0. The van der Waals surface area contributed by atoms with E-state index in [4.69, 9.17) is 22.1 Å². The number of anilines is 2. The van der Waals surface area contributed by atoms with Crippen molar-refractivity contribution in [2.45, 2.75) is 46.6 Å². The van der Waals surface area contributed by atoms with Gasteiger partial charge in [0.05, 0.1) is 17.3 Å². The summed E-state index contributed by atoms with van der Waals surface area (Å²) in [6.45, 7) is 6.94. The third-order valence-electron chi connectivity index (χ3n) is 6.02. The Bertz CT molecular complexity index is 1490. The van der Waals surface area contributed by atoms with Crippen LogP contribution in [-0.2, 0) is 28.7 Å². The first-order valence-electron chi connectivity index (χ1n) is 14.3. The fourth-order valence-corrected chi connectivity index (χ4v) is 3.91. The van der Waals surface area contributed by atoms with Gasteiger partial charge in [0.15, 0.2) is 0 Å². The third-order valence-corrected chi connectivity index (χ3v) is 6.34. The van der Waals surface area contributed by atoms with E-state index in [2.05, 4.69) is 34.3 Å². The van der Waals surface area contributed by atoms with Crippen LogP contribution in [0.1, 0.15) is 46.6 Å². The molecule has 1 heterocycles. The summed E-state index contributed by atoms with van der Waals surface area (Å²) < 4.78 is 5.87. The molecule has 1 aliphatic carbocycles. The van der Waals surface area contributed by atoms with Gasteiger partial charge in [0.2, 0.25) is 12.8 Å². The Balaban J connectivity index is 0.000000854. The fourth-order valence-electron chi connectivity index (χ4n) is 3.67. The molecule has 5 N–H and O–H groups in total. The molecule has 1 unspecified atom stereocenters. The van der Waals surface area contributed by atoms with Crippen molar-refractivity contribution in [3.05, 3.63) is 93.4 Å². The molecule has 250 valence electrons. The first-order valence-corrected chi connectivity index (χ1v) is 14.7. The third kappa shape index (κ3) is 14.1. The smallest absolute Gasteiger partial charge is 0.327 e. The lowest BCUT2D eigenvalue weighted by molar-refractivity contribution is -0.151. The normalized spacial score (nSPS) is 12.2. The highest BCUT2D eigenvalue weighted by molar-refractivity contribution is 6.33. The Labute approximate surface area is 274 Å². The monoisotopic (exact) mass is 658 g/mol. The Morgan fingerprint density at radius 1 is 1.20 bits per heavy atom. The van der Waals surface area contributed by atoms with Crippen LogP contribution in [0.5, 0.6) is 0 Å². The van der Waals surface area contributed by atoms with Gasteiger partial charge < -0.3 is 25.7 Å². The number of nitrogens with two attached hydrogens (primary N) is 1. The molecule has 0 saturated heterocycles. The summed E-state index contributed by atoms with van der Waals surface area (Å²) in [6, 6.07) is 7.43. The first-order chi connectivity index (χ1) is 22.0. The summed E-state index contributed by atoms with van der Waals surface area (Å²) in [5, 5.41) is 6.30. The minimum absolute atomic E-state index is 0. The first kappa shape index (κ1) is 38.9. The van der Waals surface area contributed by atoms with E-state index in [0.717, 1.165) is 34.4 Å². The highest BCUT2D eigenvalue weighted by atomic mass is 35.5. The van der Waals surface area contributed by atoms with Gasteiger partial charge in [-0.3, -0.25) is 34.2 Å². The highest BCUT2D eigenvalue weighted by Crippen LogP contribution is 2.18. The van der Waals surface area contributed by atoms with Crippen molar-refractivity contribution in [2.24, 2.45) is 0 Å². The van der Waals surface area contributed by atoms with E-state index in [9.17, 15) is 28.8 Å². The maximum absolute atomic E-state index is 12.5. The van der Waals surface area contributed by atoms with E-state index in [1.165, 1.54) is 43.0 Å². The number of hydrogen-bond acceptors (Lipinski definition) is 8. The lowest BCUT2D eigenvalue weighted by Crippen LogP contribution is -2.50. The van der Waals surface area contributed by atoms with Crippen molar-refractivity contribution in [1.29, 1.82) is 0 Å². The van der Waals surface area contributed by atoms with E-state index < -0.39 is 35.9 Å². The molecule has 0 bridgehead atoms. The second-order valence-electron chi connectivity index (χ2n) is 9.56. The molecule has 2 aromatic rings. The minimum Gasteiger partial charge on any atom is -0.465 e. The molecular formula is C32H43ClN6O7. The zero-order valence-corrected chi connectivity index (χ0v) is 27.1. The van der Waals surface area contributed by atoms with Gasteiger partial charge in [-0.15, -0.1) is 0 Å². The molecule has 14 heteroatoms. The minimum atomic E-state index is -1.02. The van der Waals surface area contributed by atoms with E-state index in [0.29, 0.717) is 23.7 Å². The Hall–Kier alpha value is -5.17. The van der Waals surface area contributed by atoms with Gasteiger partial charge in [0.25, 0.3) is 17.4 Å². The van der Waals surface area contributed by atoms with E-state index in [1.54, 1.807) is 19.9 Å². The van der Waals surface area contributed by atoms with Crippen LogP contribution in [-0.4, -0.2) is 59.9 Å².